The van der Waals surface area contributed by atoms with Crippen molar-refractivity contribution in [3.8, 4) is 29.3 Å². The molecule has 18 heteroatoms. The third kappa shape index (κ3) is 5.74. The summed E-state index contributed by atoms with van der Waals surface area (Å²) in [6.45, 7) is 3.22. The largest absolute Gasteiger partial charge is 0.467 e. The lowest BCUT2D eigenvalue weighted by Crippen LogP contribution is -2.64. The molecule has 4 saturated heterocycles. The molecule has 272 valence electrons. The number of nitriles is 2. The molecule has 13 nitrogen and oxygen atoms in total. The second-order valence-corrected chi connectivity index (χ2v) is 15.0. The molecule has 9 rings (SSSR count). The van der Waals surface area contributed by atoms with Gasteiger partial charge >= 0.3 is 12.0 Å². The number of hydrogen-bond acceptors (Lipinski definition) is 12. The summed E-state index contributed by atoms with van der Waals surface area (Å²) in [7, 11) is 1.36. The zero-order valence-corrected chi connectivity index (χ0v) is 29.9. The lowest BCUT2D eigenvalue weighted by molar-refractivity contribution is 0.0400. The minimum absolute atomic E-state index is 0.000393. The summed E-state index contributed by atoms with van der Waals surface area (Å²) in [6.07, 6.45) is 5.35. The summed E-state index contributed by atoms with van der Waals surface area (Å²) in [6, 6.07) is 8.00. The van der Waals surface area contributed by atoms with Crippen molar-refractivity contribution >= 4 is 60.8 Å². The molecule has 53 heavy (non-hydrogen) atoms. The van der Waals surface area contributed by atoms with Crippen LogP contribution in [0.2, 0.25) is 5.02 Å². The number of rotatable bonds is 3. The number of nitrogen functional groups attached to an aromatic ring is 1. The maximum atomic E-state index is 16.5. The van der Waals surface area contributed by atoms with E-state index in [1.807, 2.05) is 17.0 Å². The van der Waals surface area contributed by atoms with Gasteiger partial charge in [-0.15, -0.1) is 16.4 Å². The SMILES string of the molecule is COc1nc(N2CCC3(CCN3C(=O)n3cnc(C#N)n3)C2)c2cc(Cl)c(-c3ccc(F)c4sc(N)c(C#N)c34)c(F)c2n1.FC1CC2CCCN2C1. The van der Waals surface area contributed by atoms with E-state index in [2.05, 4.69) is 25.0 Å². The molecule has 0 bridgehead atoms. The Labute approximate surface area is 309 Å². The monoisotopic (exact) mass is 761 g/mol. The first-order valence-electron chi connectivity index (χ1n) is 17.0. The number of halogens is 4. The van der Waals surface area contributed by atoms with Crippen LogP contribution in [0.3, 0.4) is 0 Å². The van der Waals surface area contributed by atoms with Crippen LogP contribution in [-0.4, -0.2) is 98.1 Å². The van der Waals surface area contributed by atoms with Crippen LogP contribution in [0.4, 0.5) is 28.8 Å². The number of benzene rings is 2. The zero-order valence-electron chi connectivity index (χ0n) is 28.3. The fourth-order valence-corrected chi connectivity index (χ4v) is 9.35. The quantitative estimate of drug-likeness (QED) is 0.233. The summed E-state index contributed by atoms with van der Waals surface area (Å²) in [5.74, 6) is -1.13. The number of hydrogen-bond donors (Lipinski definition) is 1. The van der Waals surface area contributed by atoms with E-state index < -0.39 is 29.4 Å². The Hall–Kier alpha value is -5.23. The number of anilines is 2. The smallest absolute Gasteiger partial charge is 0.346 e. The second kappa shape index (κ2) is 13.3. The van der Waals surface area contributed by atoms with Gasteiger partial charge in [-0.05, 0) is 56.3 Å². The normalized spacial score (nSPS) is 22.1. The van der Waals surface area contributed by atoms with E-state index in [0.29, 0.717) is 49.8 Å². The molecule has 5 aromatic rings. The van der Waals surface area contributed by atoms with E-state index in [9.17, 15) is 18.8 Å². The molecule has 1 amide bonds. The van der Waals surface area contributed by atoms with Crippen molar-refractivity contribution in [3.63, 3.8) is 0 Å². The lowest BCUT2D eigenvalue weighted by atomic mass is 9.84. The highest BCUT2D eigenvalue weighted by atomic mass is 35.5. The number of likely N-dealkylation sites (tertiary alicyclic amines) is 1. The van der Waals surface area contributed by atoms with Crippen molar-refractivity contribution in [2.45, 2.75) is 49.9 Å². The average molecular weight is 762 g/mol. The second-order valence-electron chi connectivity index (χ2n) is 13.6. The fraction of sp³-hybridized carbons (Fsp3) is 0.400. The zero-order chi connectivity index (χ0) is 37.2. The highest BCUT2D eigenvalue weighted by Gasteiger charge is 2.52. The van der Waals surface area contributed by atoms with Crippen molar-refractivity contribution in [1.82, 2.24) is 34.5 Å². The van der Waals surface area contributed by atoms with Crippen LogP contribution in [0.5, 0.6) is 6.01 Å². The topological polar surface area (TPSA) is 166 Å². The molecule has 0 aliphatic carbocycles. The Bertz CT molecular complexity index is 2380. The van der Waals surface area contributed by atoms with Gasteiger partial charge in [0.25, 0.3) is 5.82 Å². The number of ether oxygens (including phenoxy) is 1. The number of nitrogens with two attached hydrogens (primary N) is 1. The number of alkyl halides is 1. The Kier molecular flexibility index (Phi) is 8.75. The Morgan fingerprint density at radius 2 is 1.98 bits per heavy atom. The van der Waals surface area contributed by atoms with E-state index in [1.54, 1.807) is 4.90 Å². The number of fused-ring (bicyclic) bond motifs is 3. The van der Waals surface area contributed by atoms with Gasteiger partial charge in [-0.2, -0.15) is 25.2 Å². The standard InChI is InChI=1S/C28H19ClF2N10O2S.C7H12FN/c1-43-26-36-22-14(8-16(29)20(21(22)31)13-2-3-17(30)23-19(13)15(9-32)24(34)44-23)25(37-26)39-6-4-28(11-39)5-7-40(28)27(42)41-12-35-18(10-33)38-41;8-6-4-7-2-1-3-9(7)5-6/h2-3,8,12H,4-7,11,34H2,1H3;6-7H,1-5H2. The maximum Gasteiger partial charge on any atom is 0.346 e. The highest BCUT2D eigenvalue weighted by molar-refractivity contribution is 7.23. The van der Waals surface area contributed by atoms with Crippen molar-refractivity contribution in [1.29, 1.82) is 10.5 Å². The van der Waals surface area contributed by atoms with E-state index in [0.717, 1.165) is 35.4 Å². The summed E-state index contributed by atoms with van der Waals surface area (Å²) in [5, 5.41) is 23.3. The van der Waals surface area contributed by atoms with Gasteiger partial charge in [0.2, 0.25) is 0 Å². The van der Waals surface area contributed by atoms with Crippen LogP contribution in [0, 0.1) is 34.3 Å². The summed E-state index contributed by atoms with van der Waals surface area (Å²) < 4.78 is 50.4. The first kappa shape index (κ1) is 34.8. The first-order chi connectivity index (χ1) is 25.5. The molecule has 0 saturated carbocycles. The molecule has 3 aromatic heterocycles. The Morgan fingerprint density at radius 1 is 1.17 bits per heavy atom. The fourth-order valence-electron chi connectivity index (χ4n) is 8.10. The molecular weight excluding hydrogens is 731 g/mol. The van der Waals surface area contributed by atoms with Crippen LogP contribution in [0.25, 0.3) is 32.1 Å². The first-order valence-corrected chi connectivity index (χ1v) is 18.2. The Balaban J connectivity index is 0.000000386. The number of carbonyl (C=O) groups excluding carboxylic acids is 1. The molecular formula is C35H31ClF3N11O2S. The van der Waals surface area contributed by atoms with Crippen LogP contribution in [0.1, 0.15) is 43.5 Å². The minimum atomic E-state index is -0.801. The molecule has 3 atom stereocenters. The number of aromatic nitrogens is 5. The van der Waals surface area contributed by atoms with Gasteiger partial charge in [-0.25, -0.2) is 22.9 Å². The van der Waals surface area contributed by atoms with E-state index in [1.165, 1.54) is 44.5 Å². The van der Waals surface area contributed by atoms with Gasteiger partial charge in [0, 0.05) is 48.6 Å². The van der Waals surface area contributed by atoms with Gasteiger partial charge in [0.05, 0.1) is 27.9 Å². The molecule has 1 spiro atoms. The number of nitrogens with zero attached hydrogens (tertiary/aromatic N) is 10. The molecule has 4 fully saturated rings. The third-order valence-corrected chi connectivity index (χ3v) is 12.0. The summed E-state index contributed by atoms with van der Waals surface area (Å²) in [5.41, 5.74) is 5.55. The molecule has 7 heterocycles. The highest BCUT2D eigenvalue weighted by Crippen LogP contribution is 2.47. The van der Waals surface area contributed by atoms with Gasteiger partial charge < -0.3 is 20.3 Å². The lowest BCUT2D eigenvalue weighted by Gasteiger charge is -2.50. The van der Waals surface area contributed by atoms with E-state index in [-0.39, 0.29) is 54.2 Å². The molecule has 4 aliphatic heterocycles. The Morgan fingerprint density at radius 3 is 2.68 bits per heavy atom. The van der Waals surface area contributed by atoms with Gasteiger partial charge in [0.1, 0.15) is 46.8 Å². The maximum absolute atomic E-state index is 16.5. The molecule has 3 unspecified atom stereocenters. The molecule has 2 aromatic carbocycles. The van der Waals surface area contributed by atoms with Crippen molar-refractivity contribution in [3.05, 3.63) is 52.6 Å². The van der Waals surface area contributed by atoms with Gasteiger partial charge in [-0.3, -0.25) is 4.90 Å². The summed E-state index contributed by atoms with van der Waals surface area (Å²) >= 11 is 7.64. The van der Waals surface area contributed by atoms with Crippen LogP contribution in [-0.2, 0) is 0 Å². The predicted molar refractivity (Wildman–Crippen MR) is 191 cm³/mol. The summed E-state index contributed by atoms with van der Waals surface area (Å²) in [4.78, 5) is 31.7. The van der Waals surface area contributed by atoms with Gasteiger partial charge in [-0.1, -0.05) is 17.7 Å². The van der Waals surface area contributed by atoms with E-state index >= 15 is 4.39 Å². The number of methoxy groups -OCH3 is 1. The average Bonchev–Trinajstić information content (AvgIpc) is 3.97. The van der Waals surface area contributed by atoms with Crippen LogP contribution < -0.4 is 15.4 Å². The van der Waals surface area contributed by atoms with Crippen molar-refractivity contribution < 1.29 is 22.7 Å². The molecule has 0 radical (unpaired) electrons. The van der Waals surface area contributed by atoms with Crippen molar-refractivity contribution in [2.24, 2.45) is 0 Å². The number of thiophene rings is 1. The van der Waals surface area contributed by atoms with Crippen LogP contribution in [0.15, 0.2) is 24.5 Å². The minimum Gasteiger partial charge on any atom is -0.467 e. The predicted octanol–water partition coefficient (Wildman–Crippen LogP) is 5.88. The number of amides is 1. The third-order valence-electron chi connectivity index (χ3n) is 10.7. The molecule has 4 aliphatic rings. The molecule has 2 N–H and O–H groups in total. The number of carbonyl (C=O) groups is 1. The van der Waals surface area contributed by atoms with E-state index in [4.69, 9.17) is 27.3 Å². The van der Waals surface area contributed by atoms with Crippen LogP contribution >= 0.6 is 22.9 Å². The van der Waals surface area contributed by atoms with Gasteiger partial charge in [0.15, 0.2) is 5.82 Å². The van der Waals surface area contributed by atoms with Crippen molar-refractivity contribution in [2.75, 3.05) is 50.5 Å².